The number of aromatic nitrogens is 1. The highest BCUT2D eigenvalue weighted by Gasteiger charge is 2.32. The van der Waals surface area contributed by atoms with Crippen LogP contribution in [0.5, 0.6) is 11.5 Å². The number of rotatable bonds is 8. The predicted molar refractivity (Wildman–Crippen MR) is 114 cm³/mol. The zero-order valence-corrected chi connectivity index (χ0v) is 16.9. The molecule has 1 unspecified atom stereocenters. The van der Waals surface area contributed by atoms with Gasteiger partial charge in [0, 0.05) is 29.8 Å². The highest BCUT2D eigenvalue weighted by molar-refractivity contribution is 5.98. The Hall–Kier alpha value is -3.48. The van der Waals surface area contributed by atoms with Crippen LogP contribution in [0.4, 0.5) is 0 Å². The number of ether oxygens (including phenoxy) is 2. The Morgan fingerprint density at radius 3 is 2.80 bits per heavy atom. The number of carbonyl (C=O) groups is 2. The summed E-state index contributed by atoms with van der Waals surface area (Å²) in [6, 6.07) is 13.9. The van der Waals surface area contributed by atoms with E-state index in [1.807, 2.05) is 24.3 Å². The number of nitrogens with two attached hydrogens (primary N) is 1. The Morgan fingerprint density at radius 2 is 2.10 bits per heavy atom. The molecule has 4 rings (SSSR count). The summed E-state index contributed by atoms with van der Waals surface area (Å²) in [6.45, 7) is 0.684. The largest absolute Gasteiger partial charge is 0.497 e. The summed E-state index contributed by atoms with van der Waals surface area (Å²) in [4.78, 5) is 23.0. The van der Waals surface area contributed by atoms with Crippen LogP contribution in [0, 0.1) is 0 Å². The number of amides is 2. The van der Waals surface area contributed by atoms with Gasteiger partial charge in [0.1, 0.15) is 11.5 Å². The minimum atomic E-state index is -0.372. The summed E-state index contributed by atoms with van der Waals surface area (Å²) in [6.07, 6.45) is 3.05. The van der Waals surface area contributed by atoms with Gasteiger partial charge in [0.25, 0.3) is 0 Å². The first-order chi connectivity index (χ1) is 14.6. The van der Waals surface area contributed by atoms with E-state index >= 15 is 0 Å². The molecule has 0 saturated heterocycles. The molecule has 1 aliphatic carbocycles. The number of nitrogens with one attached hydrogen (secondary N) is 1. The molecular weight excluding hydrogens is 382 g/mol. The molecule has 0 radical (unpaired) electrons. The van der Waals surface area contributed by atoms with Crippen molar-refractivity contribution < 1.29 is 19.1 Å². The highest BCUT2D eigenvalue weighted by atomic mass is 16.5. The van der Waals surface area contributed by atoms with Gasteiger partial charge >= 0.3 is 0 Å². The fourth-order valence-electron chi connectivity index (χ4n) is 4.37. The Morgan fingerprint density at radius 1 is 1.30 bits per heavy atom. The van der Waals surface area contributed by atoms with Gasteiger partial charge in [-0.25, -0.2) is 0 Å². The van der Waals surface area contributed by atoms with E-state index in [0.717, 1.165) is 40.6 Å². The molecule has 1 atom stereocenters. The molecule has 156 valence electrons. The van der Waals surface area contributed by atoms with E-state index in [4.69, 9.17) is 15.2 Å². The van der Waals surface area contributed by atoms with Crippen LogP contribution in [-0.2, 0) is 22.6 Å². The lowest BCUT2D eigenvalue weighted by molar-refractivity contribution is -0.119. The van der Waals surface area contributed by atoms with Crippen molar-refractivity contribution in [3.63, 3.8) is 0 Å². The lowest BCUT2D eigenvalue weighted by Crippen LogP contribution is -2.25. The molecular formula is C23H25N3O4. The maximum Gasteiger partial charge on any atom is 0.225 e. The molecule has 3 N–H and O–H groups in total. The first kappa shape index (κ1) is 19.8. The first-order valence-corrected chi connectivity index (χ1v) is 10.00. The van der Waals surface area contributed by atoms with Crippen LogP contribution in [-0.4, -0.2) is 30.7 Å². The van der Waals surface area contributed by atoms with E-state index in [2.05, 4.69) is 22.0 Å². The van der Waals surface area contributed by atoms with Crippen LogP contribution in [0.2, 0.25) is 0 Å². The van der Waals surface area contributed by atoms with Crippen molar-refractivity contribution in [1.29, 1.82) is 0 Å². The number of fused-ring (bicyclic) bond motifs is 3. The molecule has 0 fully saturated rings. The Kier molecular flexibility index (Phi) is 5.61. The van der Waals surface area contributed by atoms with Crippen molar-refractivity contribution in [1.82, 2.24) is 9.88 Å². The van der Waals surface area contributed by atoms with E-state index in [1.54, 1.807) is 13.2 Å². The standard InChI is InChI=1S/C23H25N3O4/c1-29-16-10-19-22(20(11-16)30-14-25-13-27)21-17(23(24)28)8-5-9-18(21)26(19)12-15-6-3-2-4-7-15/h2-4,6-7,10-11,13,17H,5,8-9,12,14H2,1H3,(H2,24,28)(H,25,27). The molecule has 0 aliphatic heterocycles. The summed E-state index contributed by atoms with van der Waals surface area (Å²) < 4.78 is 13.6. The Balaban J connectivity index is 1.96. The third kappa shape index (κ3) is 3.58. The maximum atomic E-state index is 12.3. The zero-order valence-electron chi connectivity index (χ0n) is 16.9. The predicted octanol–water partition coefficient (Wildman–Crippen LogP) is 2.69. The highest BCUT2D eigenvalue weighted by Crippen LogP contribution is 2.45. The zero-order chi connectivity index (χ0) is 21.1. The Labute approximate surface area is 174 Å². The summed E-state index contributed by atoms with van der Waals surface area (Å²) in [5.74, 6) is 0.504. The van der Waals surface area contributed by atoms with E-state index in [9.17, 15) is 9.59 Å². The average Bonchev–Trinajstić information content (AvgIpc) is 3.08. The van der Waals surface area contributed by atoms with Crippen LogP contribution >= 0.6 is 0 Å². The van der Waals surface area contributed by atoms with Crippen molar-refractivity contribution in [3.05, 3.63) is 59.3 Å². The second kappa shape index (κ2) is 8.49. The van der Waals surface area contributed by atoms with Gasteiger partial charge in [-0.15, -0.1) is 0 Å². The molecule has 2 aromatic carbocycles. The number of hydrogen-bond acceptors (Lipinski definition) is 4. The molecule has 0 spiro atoms. The normalized spacial score (nSPS) is 15.4. The van der Waals surface area contributed by atoms with E-state index < -0.39 is 0 Å². The quantitative estimate of drug-likeness (QED) is 0.341. The number of benzene rings is 2. The minimum absolute atomic E-state index is 0.0195. The summed E-state index contributed by atoms with van der Waals surface area (Å²) in [7, 11) is 1.60. The molecule has 2 amide bonds. The molecule has 30 heavy (non-hydrogen) atoms. The smallest absolute Gasteiger partial charge is 0.225 e. The third-order valence-corrected chi connectivity index (χ3v) is 5.66. The van der Waals surface area contributed by atoms with Gasteiger partial charge in [-0.2, -0.15) is 0 Å². The van der Waals surface area contributed by atoms with Crippen molar-refractivity contribution in [2.75, 3.05) is 13.8 Å². The molecule has 7 nitrogen and oxygen atoms in total. The van der Waals surface area contributed by atoms with Crippen LogP contribution < -0.4 is 20.5 Å². The average molecular weight is 407 g/mol. The van der Waals surface area contributed by atoms with Crippen molar-refractivity contribution >= 4 is 23.2 Å². The fourth-order valence-corrected chi connectivity index (χ4v) is 4.37. The molecule has 1 heterocycles. The molecule has 1 aromatic heterocycles. The second-order valence-corrected chi connectivity index (χ2v) is 7.41. The van der Waals surface area contributed by atoms with Crippen LogP contribution in [0.25, 0.3) is 10.9 Å². The molecule has 7 heteroatoms. The van der Waals surface area contributed by atoms with Gasteiger partial charge in [-0.05, 0) is 30.4 Å². The van der Waals surface area contributed by atoms with Crippen molar-refractivity contribution in [2.45, 2.75) is 31.7 Å². The maximum absolute atomic E-state index is 12.3. The minimum Gasteiger partial charge on any atom is -0.497 e. The van der Waals surface area contributed by atoms with E-state index in [-0.39, 0.29) is 18.6 Å². The SMILES string of the molecule is COc1cc(OCNC=O)c2c3c(n(Cc4ccccc4)c2c1)CCCC3C(N)=O. The molecule has 1 aliphatic rings. The molecule has 0 saturated carbocycles. The van der Waals surface area contributed by atoms with E-state index in [0.29, 0.717) is 30.9 Å². The number of methoxy groups -OCH3 is 1. The van der Waals surface area contributed by atoms with Crippen LogP contribution in [0.15, 0.2) is 42.5 Å². The van der Waals surface area contributed by atoms with Crippen LogP contribution in [0.1, 0.15) is 35.6 Å². The molecule has 3 aromatic rings. The fraction of sp³-hybridized carbons (Fsp3) is 0.304. The van der Waals surface area contributed by atoms with Gasteiger partial charge in [-0.3, -0.25) is 9.59 Å². The van der Waals surface area contributed by atoms with Gasteiger partial charge in [0.15, 0.2) is 6.73 Å². The van der Waals surface area contributed by atoms with Gasteiger partial charge in [-0.1, -0.05) is 30.3 Å². The van der Waals surface area contributed by atoms with Crippen molar-refractivity contribution in [3.8, 4) is 11.5 Å². The third-order valence-electron chi connectivity index (χ3n) is 5.66. The number of nitrogens with zero attached hydrogens (tertiary/aromatic N) is 1. The Bertz CT molecular complexity index is 1080. The topological polar surface area (TPSA) is 95.6 Å². The monoisotopic (exact) mass is 407 g/mol. The van der Waals surface area contributed by atoms with E-state index in [1.165, 1.54) is 0 Å². The van der Waals surface area contributed by atoms with Crippen LogP contribution in [0.3, 0.4) is 0 Å². The first-order valence-electron chi connectivity index (χ1n) is 10.00. The van der Waals surface area contributed by atoms with Gasteiger partial charge < -0.3 is 25.1 Å². The number of primary amides is 1. The molecule has 0 bridgehead atoms. The van der Waals surface area contributed by atoms with Gasteiger partial charge in [0.2, 0.25) is 12.3 Å². The van der Waals surface area contributed by atoms with Crippen molar-refractivity contribution in [2.24, 2.45) is 5.73 Å². The number of carbonyl (C=O) groups excluding carboxylic acids is 2. The van der Waals surface area contributed by atoms with Gasteiger partial charge in [0.05, 0.1) is 18.5 Å². The second-order valence-electron chi connectivity index (χ2n) is 7.41. The number of hydrogen-bond donors (Lipinski definition) is 2. The summed E-state index contributed by atoms with van der Waals surface area (Å²) in [5.41, 5.74) is 9.91. The summed E-state index contributed by atoms with van der Waals surface area (Å²) in [5, 5.41) is 3.38. The summed E-state index contributed by atoms with van der Waals surface area (Å²) >= 11 is 0. The lowest BCUT2D eigenvalue weighted by atomic mass is 9.84. The lowest BCUT2D eigenvalue weighted by Gasteiger charge is -2.22.